The lowest BCUT2D eigenvalue weighted by Gasteiger charge is -2.12. The average Bonchev–Trinajstić information content (AvgIpc) is 2.94. The van der Waals surface area contributed by atoms with Gasteiger partial charge in [0.2, 0.25) is 0 Å². The van der Waals surface area contributed by atoms with Crippen LogP contribution in [0.25, 0.3) is 0 Å². The van der Waals surface area contributed by atoms with Crippen molar-refractivity contribution in [3.8, 4) is 0 Å². The lowest BCUT2D eigenvalue weighted by atomic mass is 10.1. The van der Waals surface area contributed by atoms with Crippen molar-refractivity contribution in [2.45, 2.75) is 13.1 Å². The van der Waals surface area contributed by atoms with E-state index >= 15 is 0 Å². The third-order valence-electron chi connectivity index (χ3n) is 3.14. The summed E-state index contributed by atoms with van der Waals surface area (Å²) in [5.41, 5.74) is 2.69. The van der Waals surface area contributed by atoms with Gasteiger partial charge in [-0.15, -0.1) is 11.3 Å². The summed E-state index contributed by atoms with van der Waals surface area (Å²) in [6.45, 7) is 2.25. The molecule has 4 heteroatoms. The van der Waals surface area contributed by atoms with Gasteiger partial charge in [0.05, 0.1) is 11.4 Å². The van der Waals surface area contributed by atoms with E-state index in [4.69, 9.17) is 0 Å². The molecule has 3 rings (SSSR count). The van der Waals surface area contributed by atoms with Gasteiger partial charge in [-0.2, -0.15) is 0 Å². The molecule has 0 radical (unpaired) electrons. The van der Waals surface area contributed by atoms with Gasteiger partial charge in [-0.1, -0.05) is 24.3 Å². The van der Waals surface area contributed by atoms with Crippen LogP contribution in [-0.2, 0) is 13.1 Å². The van der Waals surface area contributed by atoms with Crippen LogP contribution in [0, 0.1) is 0 Å². The molecule has 2 heterocycles. The number of benzene rings is 1. The van der Waals surface area contributed by atoms with E-state index in [0.29, 0.717) is 6.54 Å². The molecule has 0 amide bonds. The van der Waals surface area contributed by atoms with Crippen molar-refractivity contribution in [1.82, 2.24) is 4.90 Å². The number of fused-ring (bicyclic) bond motifs is 1. The van der Waals surface area contributed by atoms with Crippen LogP contribution in [0.1, 0.15) is 20.8 Å². The summed E-state index contributed by atoms with van der Waals surface area (Å²) in [6, 6.07) is 10.3. The van der Waals surface area contributed by atoms with Gasteiger partial charge in [0.1, 0.15) is 0 Å². The fourth-order valence-corrected chi connectivity index (χ4v) is 3.81. The van der Waals surface area contributed by atoms with Crippen LogP contribution >= 0.6 is 27.3 Å². The summed E-state index contributed by atoms with van der Waals surface area (Å²) in [4.78, 5) is 15.2. The topological polar surface area (TPSA) is 20.3 Å². The molecule has 2 nitrogen and oxygen atoms in total. The predicted molar refractivity (Wildman–Crippen MR) is 76.9 cm³/mol. The summed E-state index contributed by atoms with van der Waals surface area (Å²) in [6.07, 6.45) is 0. The number of carbonyl (C=O) groups excluding carboxylic acids is 1. The second kappa shape index (κ2) is 4.96. The quantitative estimate of drug-likeness (QED) is 0.803. The highest BCUT2D eigenvalue weighted by Gasteiger charge is 2.22. The van der Waals surface area contributed by atoms with Crippen molar-refractivity contribution in [2.75, 3.05) is 6.54 Å². The average molecular weight is 322 g/mol. The zero-order valence-corrected chi connectivity index (χ0v) is 12.1. The van der Waals surface area contributed by atoms with E-state index in [-0.39, 0.29) is 5.78 Å². The molecule has 1 aromatic heterocycles. The Morgan fingerprint density at radius 3 is 2.44 bits per heavy atom. The number of Topliss-reactive ketones (excluding diaryl/α,β-unsaturated/α-hetero) is 1. The second-order valence-electron chi connectivity index (χ2n) is 4.43. The van der Waals surface area contributed by atoms with Crippen molar-refractivity contribution in [3.63, 3.8) is 0 Å². The Labute approximate surface area is 118 Å². The third-order valence-corrected chi connectivity index (χ3v) is 5.02. The first kappa shape index (κ1) is 12.1. The van der Waals surface area contributed by atoms with Crippen molar-refractivity contribution in [3.05, 3.63) is 56.2 Å². The molecule has 92 valence electrons. The van der Waals surface area contributed by atoms with Gasteiger partial charge in [-0.05, 0) is 38.5 Å². The molecular weight excluding hydrogens is 310 g/mol. The Morgan fingerprint density at radius 2 is 1.89 bits per heavy atom. The lowest BCUT2D eigenvalue weighted by Crippen LogP contribution is -2.24. The number of hydrogen-bond acceptors (Lipinski definition) is 3. The molecule has 0 saturated carbocycles. The molecule has 0 unspecified atom stereocenters. The molecule has 1 aliphatic rings. The van der Waals surface area contributed by atoms with Gasteiger partial charge < -0.3 is 0 Å². The Bertz CT molecular complexity index is 568. The molecule has 0 saturated heterocycles. The van der Waals surface area contributed by atoms with Crippen molar-refractivity contribution in [2.24, 2.45) is 0 Å². The summed E-state index contributed by atoms with van der Waals surface area (Å²) in [7, 11) is 0. The van der Waals surface area contributed by atoms with Gasteiger partial charge in [0, 0.05) is 17.6 Å². The highest BCUT2D eigenvalue weighted by molar-refractivity contribution is 9.10. The van der Waals surface area contributed by atoms with E-state index in [2.05, 4.69) is 45.1 Å². The molecular formula is C14H12BrNOS. The lowest BCUT2D eigenvalue weighted by molar-refractivity contribution is 0.0933. The van der Waals surface area contributed by atoms with E-state index in [0.717, 1.165) is 22.4 Å². The fraction of sp³-hybridized carbons (Fsp3) is 0.214. The number of thiophene rings is 1. The minimum Gasteiger partial charge on any atom is -0.292 e. The van der Waals surface area contributed by atoms with E-state index in [1.54, 1.807) is 0 Å². The number of rotatable bonds is 3. The summed E-state index contributed by atoms with van der Waals surface area (Å²) >= 11 is 4.92. The van der Waals surface area contributed by atoms with Crippen LogP contribution in [-0.4, -0.2) is 17.2 Å². The maximum absolute atomic E-state index is 12.2. The van der Waals surface area contributed by atoms with Crippen LogP contribution in [0.2, 0.25) is 0 Å². The molecule has 0 bridgehead atoms. The van der Waals surface area contributed by atoms with E-state index in [1.165, 1.54) is 22.5 Å². The van der Waals surface area contributed by atoms with Gasteiger partial charge in [-0.25, -0.2) is 0 Å². The number of halogens is 1. The van der Waals surface area contributed by atoms with E-state index < -0.39 is 0 Å². The van der Waals surface area contributed by atoms with Crippen molar-refractivity contribution in [1.29, 1.82) is 0 Å². The SMILES string of the molecule is O=C(CN1Cc2ccccc2C1)c1sccc1Br. The van der Waals surface area contributed by atoms with Crippen LogP contribution in [0.3, 0.4) is 0 Å². The molecule has 0 N–H and O–H groups in total. The highest BCUT2D eigenvalue weighted by atomic mass is 79.9. The maximum atomic E-state index is 12.2. The Balaban J connectivity index is 1.70. The van der Waals surface area contributed by atoms with E-state index in [9.17, 15) is 4.79 Å². The first-order valence-electron chi connectivity index (χ1n) is 5.79. The standard InChI is InChI=1S/C14H12BrNOS/c15-12-5-6-18-14(12)13(17)9-16-7-10-3-1-2-4-11(10)8-16/h1-6H,7-9H2. The first-order valence-corrected chi connectivity index (χ1v) is 7.46. The molecule has 0 spiro atoms. The number of carbonyl (C=O) groups is 1. The summed E-state index contributed by atoms with van der Waals surface area (Å²) in [5, 5.41) is 1.94. The number of hydrogen-bond donors (Lipinski definition) is 0. The molecule has 1 aromatic carbocycles. The fourth-order valence-electron chi connectivity index (χ4n) is 2.28. The number of ketones is 1. The Hall–Kier alpha value is -0.970. The van der Waals surface area contributed by atoms with Gasteiger partial charge in [0.15, 0.2) is 5.78 Å². The molecule has 18 heavy (non-hydrogen) atoms. The van der Waals surface area contributed by atoms with Crippen LogP contribution in [0.5, 0.6) is 0 Å². The minimum absolute atomic E-state index is 0.199. The van der Waals surface area contributed by atoms with Gasteiger partial charge in [0.25, 0.3) is 0 Å². The molecule has 0 aliphatic carbocycles. The maximum Gasteiger partial charge on any atom is 0.187 e. The monoisotopic (exact) mass is 321 g/mol. The van der Waals surface area contributed by atoms with Crippen molar-refractivity contribution < 1.29 is 4.79 Å². The molecule has 2 aromatic rings. The van der Waals surface area contributed by atoms with Gasteiger partial charge >= 0.3 is 0 Å². The van der Waals surface area contributed by atoms with E-state index in [1.807, 2.05) is 11.4 Å². The van der Waals surface area contributed by atoms with Crippen LogP contribution < -0.4 is 0 Å². The predicted octanol–water partition coefficient (Wildman–Crippen LogP) is 3.71. The Morgan fingerprint density at radius 1 is 1.22 bits per heavy atom. The van der Waals surface area contributed by atoms with Crippen molar-refractivity contribution >= 4 is 33.0 Å². The molecule has 1 aliphatic heterocycles. The zero-order chi connectivity index (χ0) is 12.5. The summed E-state index contributed by atoms with van der Waals surface area (Å²) in [5.74, 6) is 0.199. The number of nitrogens with zero attached hydrogens (tertiary/aromatic N) is 1. The normalized spacial score (nSPS) is 14.7. The summed E-state index contributed by atoms with van der Waals surface area (Å²) < 4.78 is 0.911. The largest absolute Gasteiger partial charge is 0.292 e. The highest BCUT2D eigenvalue weighted by Crippen LogP contribution is 2.26. The zero-order valence-electron chi connectivity index (χ0n) is 9.73. The second-order valence-corrected chi connectivity index (χ2v) is 6.21. The van der Waals surface area contributed by atoms with Crippen LogP contribution in [0.15, 0.2) is 40.2 Å². The van der Waals surface area contributed by atoms with Gasteiger partial charge in [-0.3, -0.25) is 9.69 Å². The minimum atomic E-state index is 0.199. The Kier molecular flexibility index (Phi) is 3.33. The third kappa shape index (κ3) is 2.28. The smallest absolute Gasteiger partial charge is 0.187 e. The molecule has 0 fully saturated rings. The molecule has 0 atom stereocenters. The van der Waals surface area contributed by atoms with Crippen LogP contribution in [0.4, 0.5) is 0 Å². The first-order chi connectivity index (χ1) is 8.74.